The quantitative estimate of drug-likeness (QED) is 0.783. The molecular formula is C15H18F3N3O4. The number of hydrogen-bond acceptors (Lipinski definition) is 4. The molecule has 0 aromatic carbocycles. The molecule has 2 heterocycles. The molecule has 0 atom stereocenters. The molecule has 0 unspecified atom stereocenters. The number of carbonyl (C=O) groups is 2. The van der Waals surface area contributed by atoms with Gasteiger partial charge in [-0.3, -0.25) is 4.79 Å². The molecule has 1 aliphatic rings. The van der Waals surface area contributed by atoms with Gasteiger partial charge in [0.15, 0.2) is 0 Å². The van der Waals surface area contributed by atoms with Crippen molar-refractivity contribution in [1.82, 2.24) is 15.2 Å². The number of nitrogens with one attached hydrogen (secondary N) is 1. The third-order valence-electron chi connectivity index (χ3n) is 3.83. The molecular weight excluding hydrogens is 343 g/mol. The first kappa shape index (κ1) is 18.8. The van der Waals surface area contributed by atoms with Crippen molar-refractivity contribution in [2.45, 2.75) is 19.0 Å². The standard InChI is InChI=1S/C15H18F3N3O4/c16-15(17,18)11-2-1-5-19-12(11)25-9-6-20-14(24)21-7-3-10(4-8-21)13(22)23/h1-2,5,10H,3-4,6-9H2,(H,20,24)(H,22,23). The lowest BCUT2D eigenvalue weighted by Gasteiger charge is -2.30. The zero-order valence-corrected chi connectivity index (χ0v) is 13.3. The largest absolute Gasteiger partial charge is 0.481 e. The van der Waals surface area contributed by atoms with E-state index in [-0.39, 0.29) is 13.2 Å². The van der Waals surface area contributed by atoms with Gasteiger partial charge in [-0.05, 0) is 25.0 Å². The average Bonchev–Trinajstić information content (AvgIpc) is 2.58. The highest BCUT2D eigenvalue weighted by Crippen LogP contribution is 2.34. The summed E-state index contributed by atoms with van der Waals surface area (Å²) in [6.07, 6.45) is -2.62. The van der Waals surface area contributed by atoms with Gasteiger partial charge in [-0.1, -0.05) is 0 Å². The Kier molecular flexibility index (Phi) is 6.05. The highest BCUT2D eigenvalue weighted by Gasteiger charge is 2.35. The number of piperidine rings is 1. The number of ether oxygens (including phenoxy) is 1. The van der Waals surface area contributed by atoms with Crippen molar-refractivity contribution in [1.29, 1.82) is 0 Å². The van der Waals surface area contributed by atoms with Crippen LogP contribution in [0.5, 0.6) is 5.88 Å². The Balaban J connectivity index is 1.75. The van der Waals surface area contributed by atoms with Crippen molar-refractivity contribution in [3.05, 3.63) is 23.9 Å². The van der Waals surface area contributed by atoms with Gasteiger partial charge in [-0.2, -0.15) is 13.2 Å². The summed E-state index contributed by atoms with van der Waals surface area (Å²) in [4.78, 5) is 27.8. The lowest BCUT2D eigenvalue weighted by molar-refractivity contribution is -0.143. The maximum Gasteiger partial charge on any atom is 0.421 e. The summed E-state index contributed by atoms with van der Waals surface area (Å²) in [5.41, 5.74) is -0.975. The molecule has 2 amide bonds. The summed E-state index contributed by atoms with van der Waals surface area (Å²) in [6.45, 7) is 0.479. The Morgan fingerprint density at radius 1 is 1.36 bits per heavy atom. The molecule has 10 heteroatoms. The maximum absolute atomic E-state index is 12.8. The van der Waals surface area contributed by atoms with Crippen LogP contribution in [-0.4, -0.2) is 53.2 Å². The minimum absolute atomic E-state index is 0.00552. The summed E-state index contributed by atoms with van der Waals surface area (Å²) in [5, 5.41) is 11.4. The number of nitrogens with zero attached hydrogens (tertiary/aromatic N) is 2. The summed E-state index contributed by atoms with van der Waals surface area (Å²) in [7, 11) is 0. The Morgan fingerprint density at radius 2 is 2.04 bits per heavy atom. The Bertz CT molecular complexity index is 616. The number of pyridine rings is 1. The van der Waals surface area contributed by atoms with Crippen molar-refractivity contribution < 1.29 is 32.6 Å². The number of carbonyl (C=O) groups excluding carboxylic acids is 1. The molecule has 1 aromatic heterocycles. The second-order valence-electron chi connectivity index (χ2n) is 5.53. The van der Waals surface area contributed by atoms with E-state index in [1.54, 1.807) is 0 Å². The lowest BCUT2D eigenvalue weighted by atomic mass is 9.97. The molecule has 7 nitrogen and oxygen atoms in total. The number of carboxylic acids is 1. The first-order chi connectivity index (χ1) is 11.8. The lowest BCUT2D eigenvalue weighted by Crippen LogP contribution is -2.46. The zero-order chi connectivity index (χ0) is 18.4. The second kappa shape index (κ2) is 8.04. The molecule has 1 aromatic rings. The van der Waals surface area contributed by atoms with Gasteiger partial charge < -0.3 is 20.1 Å². The molecule has 1 fully saturated rings. The number of hydrogen-bond donors (Lipinski definition) is 2. The normalized spacial score (nSPS) is 15.7. The second-order valence-corrected chi connectivity index (χ2v) is 5.53. The van der Waals surface area contributed by atoms with E-state index in [9.17, 15) is 22.8 Å². The van der Waals surface area contributed by atoms with Gasteiger partial charge in [0, 0.05) is 19.3 Å². The highest BCUT2D eigenvalue weighted by molar-refractivity contribution is 5.75. The number of aromatic nitrogens is 1. The molecule has 1 aliphatic heterocycles. The van der Waals surface area contributed by atoms with E-state index >= 15 is 0 Å². The van der Waals surface area contributed by atoms with Crippen molar-refractivity contribution in [3.8, 4) is 5.88 Å². The van der Waals surface area contributed by atoms with Gasteiger partial charge in [-0.25, -0.2) is 9.78 Å². The predicted octanol–water partition coefficient (Wildman–Crippen LogP) is 1.99. The van der Waals surface area contributed by atoms with Gasteiger partial charge in [0.25, 0.3) is 0 Å². The number of halogens is 3. The van der Waals surface area contributed by atoms with Crippen LogP contribution in [0, 0.1) is 5.92 Å². The van der Waals surface area contributed by atoms with Gasteiger partial charge in [-0.15, -0.1) is 0 Å². The fourth-order valence-corrected chi connectivity index (χ4v) is 2.47. The SMILES string of the molecule is O=C(O)C1CCN(C(=O)NCCOc2ncccc2C(F)(F)F)CC1. The molecule has 0 saturated carbocycles. The number of amides is 2. The van der Waals surface area contributed by atoms with E-state index < -0.39 is 35.5 Å². The third kappa shape index (κ3) is 5.23. The Labute approximate surface area is 141 Å². The van der Waals surface area contributed by atoms with E-state index in [4.69, 9.17) is 9.84 Å². The van der Waals surface area contributed by atoms with Crippen LogP contribution >= 0.6 is 0 Å². The molecule has 0 radical (unpaired) electrons. The average molecular weight is 361 g/mol. The minimum atomic E-state index is -4.57. The van der Waals surface area contributed by atoms with E-state index in [2.05, 4.69) is 10.3 Å². The molecule has 0 bridgehead atoms. The Morgan fingerprint density at radius 3 is 2.64 bits per heavy atom. The van der Waals surface area contributed by atoms with E-state index in [0.29, 0.717) is 25.9 Å². The van der Waals surface area contributed by atoms with Crippen molar-refractivity contribution in [3.63, 3.8) is 0 Å². The maximum atomic E-state index is 12.8. The fourth-order valence-electron chi connectivity index (χ4n) is 2.47. The highest BCUT2D eigenvalue weighted by atomic mass is 19.4. The third-order valence-corrected chi connectivity index (χ3v) is 3.83. The summed E-state index contributed by atoms with van der Waals surface area (Å²) in [5.74, 6) is -1.85. The molecule has 25 heavy (non-hydrogen) atoms. The van der Waals surface area contributed by atoms with Crippen molar-refractivity contribution in [2.24, 2.45) is 5.92 Å². The van der Waals surface area contributed by atoms with Crippen LogP contribution in [0.2, 0.25) is 0 Å². The van der Waals surface area contributed by atoms with Gasteiger partial charge in [0.05, 0.1) is 12.5 Å². The van der Waals surface area contributed by atoms with E-state index in [1.165, 1.54) is 11.1 Å². The van der Waals surface area contributed by atoms with Gasteiger partial charge in [0.1, 0.15) is 12.2 Å². The molecule has 138 valence electrons. The van der Waals surface area contributed by atoms with Crippen molar-refractivity contribution >= 4 is 12.0 Å². The number of aliphatic carboxylic acids is 1. The van der Waals surface area contributed by atoms with Crippen LogP contribution in [0.3, 0.4) is 0 Å². The molecule has 2 N–H and O–H groups in total. The number of carboxylic acid groups (broad SMARTS) is 1. The zero-order valence-electron chi connectivity index (χ0n) is 13.3. The molecule has 1 saturated heterocycles. The van der Waals surface area contributed by atoms with E-state index in [0.717, 1.165) is 12.1 Å². The van der Waals surface area contributed by atoms with Crippen LogP contribution in [0.1, 0.15) is 18.4 Å². The summed E-state index contributed by atoms with van der Waals surface area (Å²) < 4.78 is 43.3. The summed E-state index contributed by atoms with van der Waals surface area (Å²) in [6, 6.07) is 1.63. The van der Waals surface area contributed by atoms with Gasteiger partial charge >= 0.3 is 18.2 Å². The number of urea groups is 1. The number of rotatable bonds is 5. The topological polar surface area (TPSA) is 91.8 Å². The monoisotopic (exact) mass is 361 g/mol. The first-order valence-corrected chi connectivity index (χ1v) is 7.69. The van der Waals surface area contributed by atoms with Crippen LogP contribution in [0.15, 0.2) is 18.3 Å². The Hall–Kier alpha value is -2.52. The van der Waals surface area contributed by atoms with Crippen molar-refractivity contribution in [2.75, 3.05) is 26.2 Å². The minimum Gasteiger partial charge on any atom is -0.481 e. The molecule has 0 aliphatic carbocycles. The fraction of sp³-hybridized carbons (Fsp3) is 0.533. The first-order valence-electron chi connectivity index (χ1n) is 7.69. The smallest absolute Gasteiger partial charge is 0.421 e. The molecule has 0 spiro atoms. The predicted molar refractivity (Wildman–Crippen MR) is 80.1 cm³/mol. The number of likely N-dealkylation sites (tertiary alicyclic amines) is 1. The van der Waals surface area contributed by atoms with Crippen LogP contribution < -0.4 is 10.1 Å². The van der Waals surface area contributed by atoms with Crippen LogP contribution in [0.25, 0.3) is 0 Å². The van der Waals surface area contributed by atoms with Crippen LogP contribution in [-0.2, 0) is 11.0 Å². The number of alkyl halides is 3. The van der Waals surface area contributed by atoms with Crippen LogP contribution in [0.4, 0.5) is 18.0 Å². The molecule has 2 rings (SSSR count). The summed E-state index contributed by atoms with van der Waals surface area (Å²) >= 11 is 0. The van der Waals surface area contributed by atoms with Gasteiger partial charge in [0.2, 0.25) is 5.88 Å². The van der Waals surface area contributed by atoms with E-state index in [1.807, 2.05) is 0 Å².